The first-order valence-corrected chi connectivity index (χ1v) is 7.51. The highest BCUT2D eigenvalue weighted by atomic mass is 79.9. The van der Waals surface area contributed by atoms with Gasteiger partial charge >= 0.3 is 0 Å². The zero-order valence-corrected chi connectivity index (χ0v) is 12.4. The lowest BCUT2D eigenvalue weighted by Crippen LogP contribution is -2.03. The van der Waals surface area contributed by atoms with Gasteiger partial charge < -0.3 is 4.74 Å². The van der Waals surface area contributed by atoms with Crippen LogP contribution in [0.25, 0.3) is 0 Å². The molecule has 97 valence electrons. The van der Waals surface area contributed by atoms with Gasteiger partial charge in [0.1, 0.15) is 12.4 Å². The molecule has 1 radical (unpaired) electrons. The first-order chi connectivity index (χ1) is 9.31. The van der Waals surface area contributed by atoms with Crippen molar-refractivity contribution in [2.75, 3.05) is 0 Å². The number of ether oxygens (including phenoxy) is 1. The van der Waals surface area contributed by atoms with Gasteiger partial charge in [-0.2, -0.15) is 0 Å². The van der Waals surface area contributed by atoms with Gasteiger partial charge in [-0.3, -0.25) is 0 Å². The molecule has 0 aromatic heterocycles. The maximum absolute atomic E-state index is 5.83. The lowest BCUT2D eigenvalue weighted by molar-refractivity contribution is 0.305. The van der Waals surface area contributed by atoms with Crippen LogP contribution in [0.4, 0.5) is 0 Å². The molecule has 1 aliphatic rings. The van der Waals surface area contributed by atoms with E-state index in [-0.39, 0.29) is 0 Å². The highest BCUT2D eigenvalue weighted by molar-refractivity contribution is 9.10. The van der Waals surface area contributed by atoms with Crippen LogP contribution in [0.3, 0.4) is 0 Å². The Bertz CT molecular complexity index is 560. The predicted octanol–water partition coefficient (Wildman–Crippen LogP) is 4.71. The van der Waals surface area contributed by atoms with E-state index < -0.39 is 0 Å². The van der Waals surface area contributed by atoms with E-state index in [0.29, 0.717) is 6.61 Å². The molecule has 0 amide bonds. The molecule has 0 bridgehead atoms. The van der Waals surface area contributed by atoms with E-state index in [2.05, 4.69) is 46.3 Å². The Morgan fingerprint density at radius 3 is 2.58 bits per heavy atom. The van der Waals surface area contributed by atoms with Crippen molar-refractivity contribution in [3.05, 3.63) is 63.6 Å². The van der Waals surface area contributed by atoms with Crippen molar-refractivity contribution in [3.63, 3.8) is 0 Å². The molecule has 0 aliphatic heterocycles. The molecule has 0 unspecified atom stereocenters. The van der Waals surface area contributed by atoms with E-state index in [1.54, 1.807) is 0 Å². The lowest BCUT2D eigenvalue weighted by Gasteiger charge is -2.16. The van der Waals surface area contributed by atoms with Gasteiger partial charge in [0, 0.05) is 10.5 Å². The molecule has 1 nitrogen and oxygen atoms in total. The van der Waals surface area contributed by atoms with Crippen molar-refractivity contribution < 1.29 is 4.74 Å². The van der Waals surface area contributed by atoms with Gasteiger partial charge in [0.05, 0.1) is 0 Å². The number of hydrogen-bond acceptors (Lipinski definition) is 1. The van der Waals surface area contributed by atoms with Crippen molar-refractivity contribution in [2.45, 2.75) is 32.3 Å². The third kappa shape index (κ3) is 3.19. The van der Waals surface area contributed by atoms with Crippen LogP contribution in [-0.4, -0.2) is 0 Å². The summed E-state index contributed by atoms with van der Waals surface area (Å²) in [7, 11) is 0. The second kappa shape index (κ2) is 5.79. The van der Waals surface area contributed by atoms with Crippen molar-refractivity contribution in [1.82, 2.24) is 0 Å². The fourth-order valence-electron chi connectivity index (χ4n) is 2.46. The van der Waals surface area contributed by atoms with Crippen molar-refractivity contribution in [2.24, 2.45) is 0 Å². The number of hydrogen-bond donors (Lipinski definition) is 0. The summed E-state index contributed by atoms with van der Waals surface area (Å²) in [5.74, 6) is 0.864. The molecule has 1 aliphatic carbocycles. The van der Waals surface area contributed by atoms with Crippen LogP contribution in [-0.2, 0) is 19.4 Å². The Balaban J connectivity index is 1.68. The topological polar surface area (TPSA) is 9.23 Å². The van der Waals surface area contributed by atoms with E-state index in [1.165, 1.54) is 42.4 Å². The molecule has 19 heavy (non-hydrogen) atoms. The van der Waals surface area contributed by atoms with E-state index in [4.69, 9.17) is 4.74 Å². The van der Waals surface area contributed by atoms with Crippen LogP contribution in [0, 0.1) is 6.07 Å². The zero-order chi connectivity index (χ0) is 13.1. The summed E-state index contributed by atoms with van der Waals surface area (Å²) in [6.07, 6.45) is 4.97. The second-order valence-electron chi connectivity index (χ2n) is 4.97. The predicted molar refractivity (Wildman–Crippen MR) is 80.4 cm³/mol. The Morgan fingerprint density at radius 1 is 1.05 bits per heavy atom. The lowest BCUT2D eigenvalue weighted by atomic mass is 9.92. The van der Waals surface area contributed by atoms with Gasteiger partial charge in [0.15, 0.2) is 0 Å². The van der Waals surface area contributed by atoms with Gasteiger partial charge in [-0.05, 0) is 66.6 Å². The Kier molecular flexibility index (Phi) is 3.88. The number of aryl methyl sites for hydroxylation is 2. The largest absolute Gasteiger partial charge is 0.488 e. The molecule has 2 heteroatoms. The molecule has 0 N–H and O–H groups in total. The van der Waals surface area contributed by atoms with Gasteiger partial charge in [-0.25, -0.2) is 0 Å². The minimum atomic E-state index is 0.600. The van der Waals surface area contributed by atoms with E-state index in [0.717, 1.165) is 10.2 Å². The van der Waals surface area contributed by atoms with Crippen LogP contribution in [0.5, 0.6) is 5.75 Å². The maximum Gasteiger partial charge on any atom is 0.128 e. The first kappa shape index (κ1) is 12.7. The summed E-state index contributed by atoms with van der Waals surface area (Å²) in [5.41, 5.74) is 4.06. The number of fused-ring (bicyclic) bond motifs is 1. The van der Waals surface area contributed by atoms with Crippen LogP contribution < -0.4 is 4.74 Å². The summed E-state index contributed by atoms with van der Waals surface area (Å²) < 4.78 is 6.92. The summed E-state index contributed by atoms with van der Waals surface area (Å²) in [4.78, 5) is 0. The standard InChI is InChI=1S/C17H16BrO/c18-16-8-5-13(6-9-16)12-19-17-10-7-14-3-1-2-4-15(14)11-17/h5-9,11H,1-4,12H2. The fourth-order valence-corrected chi connectivity index (χ4v) is 2.73. The zero-order valence-electron chi connectivity index (χ0n) is 10.8. The maximum atomic E-state index is 5.83. The monoisotopic (exact) mass is 315 g/mol. The Labute approximate surface area is 122 Å². The molecule has 0 saturated heterocycles. The van der Waals surface area contributed by atoms with Crippen LogP contribution >= 0.6 is 15.9 Å². The van der Waals surface area contributed by atoms with Crippen LogP contribution in [0.2, 0.25) is 0 Å². The minimum absolute atomic E-state index is 0.600. The summed E-state index contributed by atoms with van der Waals surface area (Å²) in [6, 6.07) is 15.7. The number of benzene rings is 2. The second-order valence-corrected chi connectivity index (χ2v) is 5.89. The number of halogens is 1. The van der Waals surface area contributed by atoms with E-state index >= 15 is 0 Å². The average molecular weight is 316 g/mol. The summed E-state index contributed by atoms with van der Waals surface area (Å²) in [6.45, 7) is 0.600. The SMILES string of the molecule is Brc1ccc(COc2[c]cc3c(c2)CCCC3)cc1. The molecule has 0 heterocycles. The Hall–Kier alpha value is -1.28. The molecular formula is C17H16BrO. The Morgan fingerprint density at radius 2 is 1.79 bits per heavy atom. The van der Waals surface area contributed by atoms with Gasteiger partial charge in [-0.15, -0.1) is 0 Å². The first-order valence-electron chi connectivity index (χ1n) is 6.72. The summed E-state index contributed by atoms with van der Waals surface area (Å²) in [5, 5.41) is 0. The molecule has 2 aromatic carbocycles. The molecule has 0 saturated carbocycles. The fraction of sp³-hybridized carbons (Fsp3) is 0.294. The highest BCUT2D eigenvalue weighted by Crippen LogP contribution is 2.25. The average Bonchev–Trinajstić information content (AvgIpc) is 2.46. The van der Waals surface area contributed by atoms with Gasteiger partial charge in [0.25, 0.3) is 0 Å². The van der Waals surface area contributed by atoms with Crippen molar-refractivity contribution >= 4 is 15.9 Å². The van der Waals surface area contributed by atoms with E-state index in [1.807, 2.05) is 12.1 Å². The minimum Gasteiger partial charge on any atom is -0.488 e. The smallest absolute Gasteiger partial charge is 0.128 e. The third-order valence-corrected chi connectivity index (χ3v) is 4.08. The molecule has 0 fully saturated rings. The summed E-state index contributed by atoms with van der Waals surface area (Å²) >= 11 is 3.44. The molecular weight excluding hydrogens is 300 g/mol. The highest BCUT2D eigenvalue weighted by Gasteiger charge is 2.10. The number of rotatable bonds is 3. The van der Waals surface area contributed by atoms with E-state index in [9.17, 15) is 0 Å². The molecule has 3 rings (SSSR count). The van der Waals surface area contributed by atoms with Crippen LogP contribution in [0.15, 0.2) is 40.9 Å². The molecule has 2 aromatic rings. The normalized spacial score (nSPS) is 13.9. The van der Waals surface area contributed by atoms with Gasteiger partial charge in [-0.1, -0.05) is 28.1 Å². The van der Waals surface area contributed by atoms with Crippen molar-refractivity contribution in [3.8, 4) is 5.75 Å². The quantitative estimate of drug-likeness (QED) is 0.797. The molecule has 0 atom stereocenters. The third-order valence-electron chi connectivity index (χ3n) is 3.56. The van der Waals surface area contributed by atoms with Crippen LogP contribution in [0.1, 0.15) is 29.5 Å². The van der Waals surface area contributed by atoms with Gasteiger partial charge in [0.2, 0.25) is 0 Å². The van der Waals surface area contributed by atoms with Crippen molar-refractivity contribution in [1.29, 1.82) is 0 Å². The molecule has 0 spiro atoms.